The van der Waals surface area contributed by atoms with Crippen molar-refractivity contribution < 1.29 is 9.59 Å². The third kappa shape index (κ3) is 4.71. The molecule has 3 nitrogen and oxygen atoms in total. The molecule has 126 valence electrons. The highest BCUT2D eigenvalue weighted by molar-refractivity contribution is 6.10. The first kappa shape index (κ1) is 17.2. The van der Waals surface area contributed by atoms with Crippen LogP contribution in [0.2, 0.25) is 0 Å². The summed E-state index contributed by atoms with van der Waals surface area (Å²) in [5.74, 6) is -0.383. The Bertz CT molecular complexity index is 881. The molecule has 0 atom stereocenters. The summed E-state index contributed by atoms with van der Waals surface area (Å²) in [6.45, 7) is 0. The van der Waals surface area contributed by atoms with Crippen LogP contribution >= 0.6 is 0 Å². The minimum absolute atomic E-state index is 0.192. The van der Waals surface area contributed by atoms with Gasteiger partial charge in [-0.15, -0.1) is 0 Å². The Morgan fingerprint density at radius 3 is 1.50 bits per heavy atom. The molecule has 0 aliphatic heterocycles. The van der Waals surface area contributed by atoms with Crippen molar-refractivity contribution in [2.45, 2.75) is 0 Å². The molecule has 0 N–H and O–H groups in total. The van der Waals surface area contributed by atoms with Gasteiger partial charge in [-0.05, 0) is 29.3 Å². The fourth-order valence-electron chi connectivity index (χ4n) is 2.37. The number of aromatic nitrogens is 1. The Balaban J connectivity index is 1.73. The molecule has 3 heteroatoms. The second kappa shape index (κ2) is 8.49. The maximum Gasteiger partial charge on any atom is 0.187 e. The van der Waals surface area contributed by atoms with E-state index in [1.807, 2.05) is 60.7 Å². The molecule has 0 saturated carbocycles. The molecule has 3 aromatic rings. The van der Waals surface area contributed by atoms with Crippen molar-refractivity contribution in [3.63, 3.8) is 0 Å². The average Bonchev–Trinajstić information content (AvgIpc) is 2.72. The van der Waals surface area contributed by atoms with Crippen LogP contribution < -0.4 is 0 Å². The second-order valence-electron chi connectivity index (χ2n) is 5.68. The molecule has 26 heavy (non-hydrogen) atoms. The largest absolute Gasteiger partial charge is 0.289 e. The smallest absolute Gasteiger partial charge is 0.187 e. The zero-order chi connectivity index (χ0) is 18.2. The Morgan fingerprint density at radius 1 is 0.654 bits per heavy atom. The molecular weight excluding hydrogens is 322 g/mol. The summed E-state index contributed by atoms with van der Waals surface area (Å²) >= 11 is 0. The number of hydrogen-bond acceptors (Lipinski definition) is 3. The van der Waals surface area contributed by atoms with Crippen molar-refractivity contribution in [3.05, 3.63) is 114 Å². The van der Waals surface area contributed by atoms with Crippen LogP contribution in [0.15, 0.2) is 91.3 Å². The summed E-state index contributed by atoms with van der Waals surface area (Å²) in [5, 5.41) is 0. The fraction of sp³-hybridized carbons (Fsp3) is 0. The number of ketones is 2. The van der Waals surface area contributed by atoms with E-state index in [2.05, 4.69) is 4.98 Å². The normalized spacial score (nSPS) is 11.1. The lowest BCUT2D eigenvalue weighted by atomic mass is 10.1. The van der Waals surface area contributed by atoms with E-state index in [1.165, 1.54) is 24.5 Å². The second-order valence-corrected chi connectivity index (χ2v) is 5.68. The van der Waals surface area contributed by atoms with Gasteiger partial charge < -0.3 is 0 Å². The van der Waals surface area contributed by atoms with Gasteiger partial charge in [0.1, 0.15) is 0 Å². The van der Waals surface area contributed by atoms with E-state index in [0.717, 1.165) is 11.1 Å². The molecule has 0 saturated heterocycles. The van der Waals surface area contributed by atoms with Crippen molar-refractivity contribution in [2.24, 2.45) is 0 Å². The molecule has 1 heterocycles. The number of nitrogens with zero attached hydrogens (tertiary/aromatic N) is 1. The van der Waals surface area contributed by atoms with Gasteiger partial charge in [-0.25, -0.2) is 0 Å². The van der Waals surface area contributed by atoms with E-state index in [1.54, 1.807) is 18.2 Å². The summed E-state index contributed by atoms with van der Waals surface area (Å²) < 4.78 is 0. The summed E-state index contributed by atoms with van der Waals surface area (Å²) in [6, 6.07) is 20.7. The third-order valence-electron chi connectivity index (χ3n) is 3.76. The van der Waals surface area contributed by atoms with Crippen LogP contribution in [-0.2, 0) is 0 Å². The van der Waals surface area contributed by atoms with Gasteiger partial charge in [-0.3, -0.25) is 14.6 Å². The number of pyridine rings is 1. The van der Waals surface area contributed by atoms with Crippen LogP contribution in [0.5, 0.6) is 0 Å². The molecule has 0 aliphatic rings. The zero-order valence-corrected chi connectivity index (χ0v) is 14.1. The average molecular weight is 339 g/mol. The lowest BCUT2D eigenvalue weighted by Gasteiger charge is -1.99. The lowest BCUT2D eigenvalue weighted by Crippen LogP contribution is -2.01. The summed E-state index contributed by atoms with van der Waals surface area (Å²) in [6.07, 6.45) is 9.39. The molecule has 0 bridgehead atoms. The van der Waals surface area contributed by atoms with Gasteiger partial charge in [-0.2, -0.15) is 0 Å². The predicted octanol–water partition coefficient (Wildman–Crippen LogP) is 4.87. The molecular formula is C23H17NO2. The lowest BCUT2D eigenvalue weighted by molar-refractivity contribution is 0.104. The van der Waals surface area contributed by atoms with Crippen LogP contribution in [0.3, 0.4) is 0 Å². The first-order valence-corrected chi connectivity index (χ1v) is 8.22. The van der Waals surface area contributed by atoms with Gasteiger partial charge in [0.15, 0.2) is 11.6 Å². The van der Waals surface area contributed by atoms with E-state index in [-0.39, 0.29) is 11.6 Å². The van der Waals surface area contributed by atoms with Crippen molar-refractivity contribution >= 4 is 23.7 Å². The van der Waals surface area contributed by atoms with Gasteiger partial charge in [-0.1, -0.05) is 72.8 Å². The Labute approximate surface area is 152 Å². The number of carbonyl (C=O) groups excluding carboxylic acids is 2. The number of benzene rings is 2. The summed E-state index contributed by atoms with van der Waals surface area (Å²) in [5.41, 5.74) is 2.64. The van der Waals surface area contributed by atoms with Gasteiger partial charge in [0.05, 0.1) is 0 Å². The molecule has 0 radical (unpaired) electrons. The van der Waals surface area contributed by atoms with E-state index < -0.39 is 0 Å². The quantitative estimate of drug-likeness (QED) is 0.475. The van der Waals surface area contributed by atoms with Crippen molar-refractivity contribution in [2.75, 3.05) is 0 Å². The summed E-state index contributed by atoms with van der Waals surface area (Å²) in [7, 11) is 0. The molecule has 0 unspecified atom stereocenters. The van der Waals surface area contributed by atoms with E-state index in [9.17, 15) is 9.59 Å². The van der Waals surface area contributed by atoms with Crippen molar-refractivity contribution in [3.8, 4) is 0 Å². The van der Waals surface area contributed by atoms with Crippen molar-refractivity contribution in [1.29, 1.82) is 0 Å². The topological polar surface area (TPSA) is 47.0 Å². The molecule has 2 aromatic carbocycles. The number of carbonyl (C=O) groups is 2. The Hall–Kier alpha value is -3.59. The van der Waals surface area contributed by atoms with Crippen LogP contribution in [0.4, 0.5) is 0 Å². The molecule has 0 spiro atoms. The first-order valence-electron chi connectivity index (χ1n) is 8.22. The maximum absolute atomic E-state index is 12.3. The fourth-order valence-corrected chi connectivity index (χ4v) is 2.37. The predicted molar refractivity (Wildman–Crippen MR) is 104 cm³/mol. The maximum atomic E-state index is 12.3. The van der Waals surface area contributed by atoms with Gasteiger partial charge in [0.25, 0.3) is 0 Å². The van der Waals surface area contributed by atoms with Crippen LogP contribution in [0, 0.1) is 0 Å². The molecule has 0 fully saturated rings. The molecule has 1 aromatic heterocycles. The molecule has 0 aliphatic carbocycles. The Morgan fingerprint density at radius 2 is 1.08 bits per heavy atom. The standard InChI is InChI=1S/C23H17NO2/c25-22(13-11-18-7-3-1-4-8-18)20-15-21(17-24-16-20)23(26)14-12-19-9-5-2-6-10-19/h1-17H/b13-11+,14-12+. The number of hydrogen-bond donors (Lipinski definition) is 0. The van der Waals surface area contributed by atoms with Gasteiger partial charge in [0.2, 0.25) is 0 Å². The van der Waals surface area contributed by atoms with Gasteiger partial charge in [0, 0.05) is 23.5 Å². The SMILES string of the molecule is O=C(/C=C/c1ccccc1)c1cncc(C(=O)/C=C/c2ccccc2)c1. The molecule has 3 rings (SSSR count). The first-order chi connectivity index (χ1) is 12.7. The molecule has 0 amide bonds. The highest BCUT2D eigenvalue weighted by atomic mass is 16.1. The van der Waals surface area contributed by atoms with Crippen LogP contribution in [0.25, 0.3) is 12.2 Å². The highest BCUT2D eigenvalue weighted by Crippen LogP contribution is 2.09. The van der Waals surface area contributed by atoms with Gasteiger partial charge >= 0.3 is 0 Å². The highest BCUT2D eigenvalue weighted by Gasteiger charge is 2.08. The summed E-state index contributed by atoms with van der Waals surface area (Å²) in [4.78, 5) is 28.7. The Kier molecular flexibility index (Phi) is 5.63. The zero-order valence-electron chi connectivity index (χ0n) is 14.1. The number of allylic oxidation sites excluding steroid dienone is 2. The number of rotatable bonds is 6. The minimum Gasteiger partial charge on any atom is -0.289 e. The van der Waals surface area contributed by atoms with Crippen LogP contribution in [0.1, 0.15) is 31.8 Å². The minimum atomic E-state index is -0.192. The van der Waals surface area contributed by atoms with Crippen LogP contribution in [-0.4, -0.2) is 16.6 Å². The van der Waals surface area contributed by atoms with Crippen molar-refractivity contribution in [1.82, 2.24) is 4.98 Å². The third-order valence-corrected chi connectivity index (χ3v) is 3.76. The van der Waals surface area contributed by atoms with E-state index in [4.69, 9.17) is 0 Å². The van der Waals surface area contributed by atoms with E-state index in [0.29, 0.717) is 11.1 Å². The van der Waals surface area contributed by atoms with E-state index >= 15 is 0 Å². The monoisotopic (exact) mass is 339 g/mol.